The number of ether oxygens (including phenoxy) is 1. The predicted octanol–water partition coefficient (Wildman–Crippen LogP) is 5.48. The van der Waals surface area contributed by atoms with Crippen molar-refractivity contribution >= 4 is 12.2 Å². The van der Waals surface area contributed by atoms with Gasteiger partial charge in [0.25, 0.3) is 0 Å². The summed E-state index contributed by atoms with van der Waals surface area (Å²) >= 11 is 0. The first-order chi connectivity index (χ1) is 12.5. The van der Waals surface area contributed by atoms with E-state index in [1.807, 2.05) is 18.2 Å². The number of oxime groups is 1. The Hall–Kier alpha value is -2.62. The largest absolute Gasteiger partial charge is 0.496 e. The summed E-state index contributed by atoms with van der Waals surface area (Å²) in [5.74, 6) is 0.417. The first kappa shape index (κ1) is 20.7. The van der Waals surface area contributed by atoms with Gasteiger partial charge in [0.2, 0.25) is 0 Å². The van der Waals surface area contributed by atoms with Gasteiger partial charge in [-0.05, 0) is 40.7 Å². The van der Waals surface area contributed by atoms with Gasteiger partial charge in [-0.2, -0.15) is 0 Å². The van der Waals surface area contributed by atoms with Crippen LogP contribution in [0.5, 0.6) is 5.75 Å². The lowest BCUT2D eigenvalue weighted by atomic mass is 9.78. The molecule has 0 saturated carbocycles. The molecule has 2 aromatic carbocycles. The maximum Gasteiger partial charge on any atom is 0.365 e. The Labute approximate surface area is 162 Å². The van der Waals surface area contributed by atoms with E-state index in [1.54, 1.807) is 37.6 Å². The first-order valence-corrected chi connectivity index (χ1v) is 9.07. The van der Waals surface area contributed by atoms with Gasteiger partial charge < -0.3 is 9.57 Å². The van der Waals surface area contributed by atoms with E-state index >= 15 is 0 Å². The van der Waals surface area contributed by atoms with Gasteiger partial charge in [-0.3, -0.25) is 0 Å². The first-order valence-electron chi connectivity index (χ1n) is 9.07. The van der Waals surface area contributed by atoms with Crippen molar-refractivity contribution in [1.82, 2.24) is 0 Å². The standard InChI is InChI=1S/C23H29NO3/c1-22(2,3)18-13-16(14-19(20(18)26-7)23(4,5)6)15-24-27-21(25)17-11-9-8-10-12-17/h8-15H,1-7H3. The van der Waals surface area contributed by atoms with Crippen LogP contribution in [0.2, 0.25) is 0 Å². The van der Waals surface area contributed by atoms with Crippen LogP contribution in [-0.4, -0.2) is 19.3 Å². The van der Waals surface area contributed by atoms with Gasteiger partial charge in [-0.25, -0.2) is 4.79 Å². The molecule has 0 radical (unpaired) electrons. The van der Waals surface area contributed by atoms with Crippen molar-refractivity contribution in [2.24, 2.45) is 5.16 Å². The zero-order valence-electron chi connectivity index (χ0n) is 17.3. The molecule has 0 aliphatic rings. The molecular weight excluding hydrogens is 338 g/mol. The fourth-order valence-electron chi connectivity index (χ4n) is 2.82. The Morgan fingerprint density at radius 3 is 1.89 bits per heavy atom. The van der Waals surface area contributed by atoms with Gasteiger partial charge in [0, 0.05) is 11.1 Å². The van der Waals surface area contributed by atoms with Crippen molar-refractivity contribution in [3.05, 3.63) is 64.7 Å². The summed E-state index contributed by atoms with van der Waals surface area (Å²) in [5, 5.41) is 3.90. The molecule has 2 rings (SSSR count). The number of methoxy groups -OCH3 is 1. The highest BCUT2D eigenvalue weighted by molar-refractivity contribution is 5.90. The molecule has 2 aromatic rings. The van der Waals surface area contributed by atoms with Crippen molar-refractivity contribution in [2.75, 3.05) is 7.11 Å². The monoisotopic (exact) mass is 367 g/mol. The topological polar surface area (TPSA) is 47.9 Å². The van der Waals surface area contributed by atoms with Gasteiger partial charge in [-0.15, -0.1) is 0 Å². The number of benzene rings is 2. The molecule has 27 heavy (non-hydrogen) atoms. The van der Waals surface area contributed by atoms with E-state index < -0.39 is 5.97 Å². The van der Waals surface area contributed by atoms with E-state index in [-0.39, 0.29) is 10.8 Å². The third kappa shape index (κ3) is 5.19. The van der Waals surface area contributed by atoms with E-state index in [9.17, 15) is 4.79 Å². The van der Waals surface area contributed by atoms with Gasteiger partial charge in [0.05, 0.1) is 18.9 Å². The fourth-order valence-corrected chi connectivity index (χ4v) is 2.82. The van der Waals surface area contributed by atoms with Gasteiger partial charge >= 0.3 is 5.97 Å². The highest BCUT2D eigenvalue weighted by Crippen LogP contribution is 2.40. The summed E-state index contributed by atoms with van der Waals surface area (Å²) in [4.78, 5) is 17.1. The second-order valence-corrected chi connectivity index (χ2v) is 8.63. The molecule has 4 nitrogen and oxygen atoms in total. The molecule has 4 heteroatoms. The minimum Gasteiger partial charge on any atom is -0.496 e. The Morgan fingerprint density at radius 2 is 1.44 bits per heavy atom. The van der Waals surface area contributed by atoms with E-state index in [4.69, 9.17) is 9.57 Å². The molecule has 0 saturated heterocycles. The van der Waals surface area contributed by atoms with Crippen molar-refractivity contribution in [3.63, 3.8) is 0 Å². The quantitative estimate of drug-likeness (QED) is 0.408. The van der Waals surface area contributed by atoms with E-state index in [1.165, 1.54) is 0 Å². The van der Waals surface area contributed by atoms with Crippen LogP contribution in [0.25, 0.3) is 0 Å². The minimum absolute atomic E-state index is 0.101. The van der Waals surface area contributed by atoms with Gasteiger partial charge in [-0.1, -0.05) is 64.9 Å². The molecular formula is C23H29NO3. The zero-order valence-corrected chi connectivity index (χ0v) is 17.3. The normalized spacial score (nSPS) is 12.3. The second kappa shape index (κ2) is 7.95. The molecule has 0 heterocycles. The van der Waals surface area contributed by atoms with Crippen LogP contribution in [0.1, 0.15) is 68.6 Å². The number of hydrogen-bond donors (Lipinski definition) is 0. The van der Waals surface area contributed by atoms with Crippen LogP contribution in [0.3, 0.4) is 0 Å². The van der Waals surface area contributed by atoms with Crippen molar-refractivity contribution in [3.8, 4) is 5.75 Å². The molecule has 0 aliphatic carbocycles. The van der Waals surface area contributed by atoms with Gasteiger partial charge in [0.15, 0.2) is 0 Å². The molecule has 0 bridgehead atoms. The van der Waals surface area contributed by atoms with E-state index in [0.717, 1.165) is 22.4 Å². The van der Waals surface area contributed by atoms with Crippen LogP contribution in [0.15, 0.2) is 47.6 Å². The molecule has 0 fully saturated rings. The van der Waals surface area contributed by atoms with Crippen LogP contribution < -0.4 is 4.74 Å². The fraction of sp³-hybridized carbons (Fsp3) is 0.391. The predicted molar refractivity (Wildman–Crippen MR) is 110 cm³/mol. The highest BCUT2D eigenvalue weighted by Gasteiger charge is 2.27. The number of carbonyl (C=O) groups is 1. The van der Waals surface area contributed by atoms with Crippen LogP contribution in [0, 0.1) is 0 Å². The summed E-state index contributed by atoms with van der Waals surface area (Å²) in [6.07, 6.45) is 1.57. The Morgan fingerprint density at radius 1 is 0.926 bits per heavy atom. The summed E-state index contributed by atoms with van der Waals surface area (Å²) in [7, 11) is 1.70. The average molecular weight is 367 g/mol. The highest BCUT2D eigenvalue weighted by atomic mass is 16.7. The van der Waals surface area contributed by atoms with E-state index in [0.29, 0.717) is 5.56 Å². The number of nitrogens with zero attached hydrogens (tertiary/aromatic N) is 1. The van der Waals surface area contributed by atoms with Gasteiger partial charge in [0.1, 0.15) is 5.75 Å². The maximum atomic E-state index is 12.0. The molecule has 0 unspecified atom stereocenters. The lowest BCUT2D eigenvalue weighted by molar-refractivity contribution is 0.0519. The minimum atomic E-state index is -0.479. The average Bonchev–Trinajstić information content (AvgIpc) is 2.60. The summed E-state index contributed by atoms with van der Waals surface area (Å²) in [6.45, 7) is 12.9. The number of hydrogen-bond acceptors (Lipinski definition) is 4. The van der Waals surface area contributed by atoms with Crippen LogP contribution in [-0.2, 0) is 15.7 Å². The molecule has 0 spiro atoms. The molecule has 144 valence electrons. The smallest absolute Gasteiger partial charge is 0.365 e. The molecule has 0 aliphatic heterocycles. The van der Waals surface area contributed by atoms with Crippen molar-refractivity contribution in [1.29, 1.82) is 0 Å². The Kier molecular flexibility index (Phi) is 6.09. The lowest BCUT2D eigenvalue weighted by Gasteiger charge is -2.29. The molecule has 0 aromatic heterocycles. The van der Waals surface area contributed by atoms with Crippen molar-refractivity contribution in [2.45, 2.75) is 52.4 Å². The summed E-state index contributed by atoms with van der Waals surface area (Å²) in [5.41, 5.74) is 3.31. The SMILES string of the molecule is COc1c(C(C)(C)C)cc(C=NOC(=O)c2ccccc2)cc1C(C)(C)C. The Bertz CT molecular complexity index is 790. The number of rotatable bonds is 4. The number of carbonyl (C=O) groups excluding carboxylic acids is 1. The molecule has 0 atom stereocenters. The summed E-state index contributed by atoms with van der Waals surface area (Å²) < 4.78 is 5.76. The summed E-state index contributed by atoms with van der Waals surface area (Å²) in [6, 6.07) is 12.9. The lowest BCUT2D eigenvalue weighted by Crippen LogP contribution is -2.19. The van der Waals surface area contributed by atoms with E-state index in [2.05, 4.69) is 46.7 Å². The third-order valence-corrected chi connectivity index (χ3v) is 4.28. The van der Waals surface area contributed by atoms with Crippen molar-refractivity contribution < 1.29 is 14.4 Å². The molecule has 0 N–H and O–H groups in total. The third-order valence-electron chi connectivity index (χ3n) is 4.28. The zero-order chi connectivity index (χ0) is 20.2. The second-order valence-electron chi connectivity index (χ2n) is 8.63. The maximum absolute atomic E-state index is 12.0. The Balaban J connectivity index is 2.38. The van der Waals surface area contributed by atoms with Crippen LogP contribution >= 0.6 is 0 Å². The van der Waals surface area contributed by atoms with Crippen LogP contribution in [0.4, 0.5) is 0 Å². The molecule has 0 amide bonds.